The van der Waals surface area contributed by atoms with E-state index in [1.807, 2.05) is 25.1 Å². The molecule has 4 rings (SSSR count). The maximum absolute atomic E-state index is 13.1. The lowest BCUT2D eigenvalue weighted by Gasteiger charge is -2.43. The average Bonchev–Trinajstić information content (AvgIpc) is 3.18. The topological polar surface area (TPSA) is 58.4 Å². The number of piperidine rings is 1. The zero-order valence-corrected chi connectivity index (χ0v) is 13.9. The summed E-state index contributed by atoms with van der Waals surface area (Å²) in [6.45, 7) is 1.46. The van der Waals surface area contributed by atoms with Gasteiger partial charge >= 0.3 is 0 Å². The molecule has 1 saturated carbocycles. The fourth-order valence-electron chi connectivity index (χ4n) is 4.24. The van der Waals surface area contributed by atoms with Gasteiger partial charge in [0.15, 0.2) is 0 Å². The van der Waals surface area contributed by atoms with Gasteiger partial charge in [-0.25, -0.2) is 0 Å². The van der Waals surface area contributed by atoms with Crippen molar-refractivity contribution in [3.8, 4) is 0 Å². The van der Waals surface area contributed by atoms with Crippen LogP contribution in [-0.2, 0) is 11.8 Å². The zero-order valence-electron chi connectivity index (χ0n) is 13.9. The Hall–Kier alpha value is -1.85. The van der Waals surface area contributed by atoms with Crippen LogP contribution in [0.3, 0.4) is 0 Å². The minimum atomic E-state index is -0.617. The Balaban J connectivity index is 1.66. The van der Waals surface area contributed by atoms with E-state index in [4.69, 9.17) is 0 Å². The Kier molecular flexibility index (Phi) is 3.25. The van der Waals surface area contributed by atoms with Crippen LogP contribution in [0.15, 0.2) is 6.07 Å². The smallest absolute Gasteiger partial charge is 0.273 e. The van der Waals surface area contributed by atoms with Gasteiger partial charge in [-0.15, -0.1) is 0 Å². The molecule has 6 heteroatoms. The van der Waals surface area contributed by atoms with E-state index >= 15 is 0 Å². The Morgan fingerprint density at radius 3 is 2.61 bits per heavy atom. The summed E-state index contributed by atoms with van der Waals surface area (Å²) in [4.78, 5) is 29.6. The number of nitrogens with zero attached hydrogens (tertiary/aromatic N) is 4. The van der Waals surface area contributed by atoms with E-state index < -0.39 is 5.54 Å². The molecule has 2 saturated heterocycles. The van der Waals surface area contributed by atoms with E-state index in [2.05, 4.69) is 5.10 Å². The number of aryl methyl sites for hydroxylation is 1. The summed E-state index contributed by atoms with van der Waals surface area (Å²) in [5, 5.41) is 4.51. The van der Waals surface area contributed by atoms with Gasteiger partial charge in [-0.3, -0.25) is 14.3 Å². The number of likely N-dealkylation sites (tertiary alicyclic amines) is 2. The van der Waals surface area contributed by atoms with Crippen molar-refractivity contribution in [2.75, 3.05) is 20.1 Å². The van der Waals surface area contributed by atoms with Gasteiger partial charge in [0.2, 0.25) is 5.91 Å². The molecule has 6 nitrogen and oxygen atoms in total. The summed E-state index contributed by atoms with van der Waals surface area (Å²) in [7, 11) is 3.68. The van der Waals surface area contributed by atoms with Crippen LogP contribution in [0.4, 0.5) is 0 Å². The number of aromatic nitrogens is 2. The quantitative estimate of drug-likeness (QED) is 0.831. The molecule has 1 spiro atoms. The van der Waals surface area contributed by atoms with E-state index in [0.717, 1.165) is 37.9 Å². The SMILES string of the molecule is CN1CCCC2(CCCN2C(=O)c2cc(C3CC3)nn2C)C1=O. The van der Waals surface area contributed by atoms with E-state index in [-0.39, 0.29) is 11.8 Å². The summed E-state index contributed by atoms with van der Waals surface area (Å²) in [6.07, 6.45) is 5.77. The number of likely N-dealkylation sites (N-methyl/N-ethyl adjacent to an activating group) is 1. The van der Waals surface area contributed by atoms with Gasteiger partial charge in [-0.2, -0.15) is 5.10 Å². The van der Waals surface area contributed by atoms with Crippen molar-refractivity contribution in [3.05, 3.63) is 17.5 Å². The lowest BCUT2D eigenvalue weighted by atomic mass is 9.85. The van der Waals surface area contributed by atoms with E-state index in [0.29, 0.717) is 18.2 Å². The molecule has 1 aliphatic carbocycles. The van der Waals surface area contributed by atoms with Crippen LogP contribution in [0, 0.1) is 0 Å². The third-order valence-electron chi connectivity index (χ3n) is 5.68. The van der Waals surface area contributed by atoms with Crippen LogP contribution in [-0.4, -0.2) is 57.1 Å². The van der Waals surface area contributed by atoms with Crippen molar-refractivity contribution in [3.63, 3.8) is 0 Å². The molecular weight excluding hydrogens is 292 g/mol. The molecule has 124 valence electrons. The Labute approximate surface area is 136 Å². The van der Waals surface area contributed by atoms with Gasteiger partial charge in [-0.05, 0) is 44.6 Å². The van der Waals surface area contributed by atoms with Crippen LogP contribution < -0.4 is 0 Å². The third-order valence-corrected chi connectivity index (χ3v) is 5.68. The van der Waals surface area contributed by atoms with E-state index in [1.54, 1.807) is 9.58 Å². The molecule has 2 amide bonds. The highest BCUT2D eigenvalue weighted by Gasteiger charge is 2.52. The molecule has 0 N–H and O–H groups in total. The van der Waals surface area contributed by atoms with Crippen LogP contribution in [0.25, 0.3) is 0 Å². The largest absolute Gasteiger partial charge is 0.344 e. The zero-order chi connectivity index (χ0) is 16.2. The molecule has 23 heavy (non-hydrogen) atoms. The van der Waals surface area contributed by atoms with Gasteiger partial charge < -0.3 is 9.80 Å². The van der Waals surface area contributed by atoms with Gasteiger partial charge in [0.25, 0.3) is 5.91 Å². The molecule has 1 aromatic rings. The van der Waals surface area contributed by atoms with Crippen molar-refractivity contribution in [1.82, 2.24) is 19.6 Å². The molecule has 1 atom stereocenters. The molecular formula is C17H24N4O2. The second-order valence-corrected chi connectivity index (χ2v) is 7.27. The fraction of sp³-hybridized carbons (Fsp3) is 0.706. The Morgan fingerprint density at radius 1 is 1.22 bits per heavy atom. The van der Waals surface area contributed by atoms with Crippen LogP contribution in [0.2, 0.25) is 0 Å². The summed E-state index contributed by atoms with van der Waals surface area (Å²) in [5.41, 5.74) is 1.03. The van der Waals surface area contributed by atoms with E-state index in [9.17, 15) is 9.59 Å². The van der Waals surface area contributed by atoms with Crippen LogP contribution in [0.1, 0.15) is 60.6 Å². The van der Waals surface area contributed by atoms with Gasteiger partial charge in [-0.1, -0.05) is 0 Å². The molecule has 0 bridgehead atoms. The number of carbonyl (C=O) groups is 2. The average molecular weight is 316 g/mol. The van der Waals surface area contributed by atoms with E-state index in [1.165, 1.54) is 12.8 Å². The van der Waals surface area contributed by atoms with Gasteiger partial charge in [0.1, 0.15) is 11.2 Å². The summed E-state index contributed by atoms with van der Waals surface area (Å²) in [6, 6.07) is 1.93. The summed E-state index contributed by atoms with van der Waals surface area (Å²) < 4.78 is 1.69. The summed E-state index contributed by atoms with van der Waals surface area (Å²) in [5.74, 6) is 0.602. The Morgan fingerprint density at radius 2 is 1.91 bits per heavy atom. The number of hydrogen-bond acceptors (Lipinski definition) is 3. The molecule has 0 radical (unpaired) electrons. The minimum Gasteiger partial charge on any atom is -0.344 e. The highest BCUT2D eigenvalue weighted by atomic mass is 16.2. The van der Waals surface area contributed by atoms with Crippen molar-refractivity contribution >= 4 is 11.8 Å². The minimum absolute atomic E-state index is 0.0342. The van der Waals surface area contributed by atoms with Crippen molar-refractivity contribution < 1.29 is 9.59 Å². The number of rotatable bonds is 2. The highest BCUT2D eigenvalue weighted by Crippen LogP contribution is 2.41. The number of amides is 2. The number of carbonyl (C=O) groups excluding carboxylic acids is 2. The van der Waals surface area contributed by atoms with Gasteiger partial charge in [0.05, 0.1) is 5.69 Å². The Bertz CT molecular complexity index is 664. The third kappa shape index (κ3) is 2.18. The lowest BCUT2D eigenvalue weighted by Crippen LogP contribution is -2.60. The first-order valence-electron chi connectivity index (χ1n) is 8.64. The number of hydrogen-bond donors (Lipinski definition) is 0. The van der Waals surface area contributed by atoms with Crippen LogP contribution >= 0.6 is 0 Å². The van der Waals surface area contributed by atoms with Crippen LogP contribution in [0.5, 0.6) is 0 Å². The lowest BCUT2D eigenvalue weighted by molar-refractivity contribution is -0.144. The first-order chi connectivity index (χ1) is 11.0. The fourth-order valence-corrected chi connectivity index (χ4v) is 4.24. The maximum atomic E-state index is 13.1. The normalized spacial score (nSPS) is 28.0. The van der Waals surface area contributed by atoms with Crippen molar-refractivity contribution in [2.24, 2.45) is 7.05 Å². The summed E-state index contributed by atoms with van der Waals surface area (Å²) >= 11 is 0. The molecule has 3 fully saturated rings. The molecule has 0 aromatic carbocycles. The maximum Gasteiger partial charge on any atom is 0.273 e. The molecule has 1 unspecified atom stereocenters. The molecule has 3 heterocycles. The van der Waals surface area contributed by atoms with Crippen molar-refractivity contribution in [1.29, 1.82) is 0 Å². The predicted octanol–water partition coefficient (Wildman–Crippen LogP) is 1.52. The second-order valence-electron chi connectivity index (χ2n) is 7.27. The van der Waals surface area contributed by atoms with Gasteiger partial charge in [0, 0.05) is 33.1 Å². The first kappa shape index (κ1) is 14.7. The molecule has 3 aliphatic rings. The standard InChI is InChI=1S/C17H24N4O2/c1-19-9-3-7-17(16(19)23)8-4-10-21(17)15(22)14-11-13(12-5-6-12)18-20(14)2/h11-12H,3-10H2,1-2H3. The highest BCUT2D eigenvalue weighted by molar-refractivity contribution is 5.99. The monoisotopic (exact) mass is 316 g/mol. The first-order valence-corrected chi connectivity index (χ1v) is 8.64. The second kappa shape index (κ2) is 5.08. The predicted molar refractivity (Wildman–Crippen MR) is 85.1 cm³/mol. The molecule has 1 aromatic heterocycles. The molecule has 2 aliphatic heterocycles. The van der Waals surface area contributed by atoms with Crippen molar-refractivity contribution in [2.45, 2.75) is 50.0 Å².